The average molecular weight is 362 g/mol. The summed E-state index contributed by atoms with van der Waals surface area (Å²) < 4.78 is 1.60. The van der Waals surface area contributed by atoms with Gasteiger partial charge in [-0.25, -0.2) is 9.48 Å². The Kier molecular flexibility index (Phi) is 4.99. The summed E-state index contributed by atoms with van der Waals surface area (Å²) >= 11 is 6.13. The van der Waals surface area contributed by atoms with Gasteiger partial charge in [-0.05, 0) is 18.6 Å². The molecule has 0 saturated heterocycles. The summed E-state index contributed by atoms with van der Waals surface area (Å²) in [6.07, 6.45) is 7.75. The molecule has 8 nitrogen and oxygen atoms in total. The summed E-state index contributed by atoms with van der Waals surface area (Å²) in [5, 5.41) is 18.4. The van der Waals surface area contributed by atoms with Gasteiger partial charge in [0, 0.05) is 24.5 Å². The summed E-state index contributed by atoms with van der Waals surface area (Å²) in [6.45, 7) is 0.235. The van der Waals surface area contributed by atoms with Crippen molar-refractivity contribution in [1.82, 2.24) is 25.4 Å². The average Bonchev–Trinajstić information content (AvgIpc) is 3.20. The zero-order chi connectivity index (χ0) is 17.8. The molecule has 0 aliphatic heterocycles. The first-order chi connectivity index (χ1) is 12.0. The highest BCUT2D eigenvalue weighted by atomic mass is 35.5. The van der Waals surface area contributed by atoms with E-state index in [0.29, 0.717) is 17.1 Å². The van der Waals surface area contributed by atoms with E-state index in [1.807, 2.05) is 6.07 Å². The van der Waals surface area contributed by atoms with Crippen molar-refractivity contribution in [2.24, 2.45) is 5.92 Å². The number of carbonyl (C=O) groups excluding carboxylic acids is 1. The van der Waals surface area contributed by atoms with Gasteiger partial charge >= 0.3 is 6.09 Å². The molecule has 2 atom stereocenters. The van der Waals surface area contributed by atoms with Gasteiger partial charge in [0.2, 0.25) is 5.91 Å². The molecule has 3 rings (SSSR count). The van der Waals surface area contributed by atoms with Crippen molar-refractivity contribution in [2.75, 3.05) is 0 Å². The van der Waals surface area contributed by atoms with E-state index >= 15 is 0 Å². The second-order valence-corrected chi connectivity index (χ2v) is 5.96. The van der Waals surface area contributed by atoms with Gasteiger partial charge in [0.15, 0.2) is 5.15 Å². The Labute approximate surface area is 148 Å². The molecule has 0 saturated carbocycles. The Hall–Kier alpha value is -2.87. The number of halogens is 1. The molecule has 0 fully saturated rings. The molecular weight excluding hydrogens is 346 g/mol. The third-order valence-electron chi connectivity index (χ3n) is 3.83. The Morgan fingerprint density at radius 1 is 1.40 bits per heavy atom. The molecule has 1 aliphatic rings. The molecule has 1 aliphatic carbocycles. The Morgan fingerprint density at radius 2 is 2.24 bits per heavy atom. The van der Waals surface area contributed by atoms with Crippen LogP contribution in [0, 0.1) is 5.92 Å². The van der Waals surface area contributed by atoms with Crippen molar-refractivity contribution in [3.05, 3.63) is 53.6 Å². The highest BCUT2D eigenvalue weighted by molar-refractivity contribution is 6.30. The standard InChI is InChI=1S/C16H16ClN5O3/c17-14-11(9-22(21-14)13-2-1-5-18-8-13)7-19-15(23)10-3-4-12(6-10)20-16(24)25/h1-5,8-10,12,20H,6-7H2,(H,19,23)(H,24,25)/t10-,12+/m1/s1. The van der Waals surface area contributed by atoms with Crippen LogP contribution in [0.15, 0.2) is 42.9 Å². The number of nitrogens with zero attached hydrogens (tertiary/aromatic N) is 3. The highest BCUT2D eigenvalue weighted by Crippen LogP contribution is 2.20. The molecular formula is C16H16ClN5O3. The maximum absolute atomic E-state index is 12.2. The second-order valence-electron chi connectivity index (χ2n) is 5.60. The molecule has 2 aromatic heterocycles. The lowest BCUT2D eigenvalue weighted by molar-refractivity contribution is -0.123. The maximum atomic E-state index is 12.2. The molecule has 0 bridgehead atoms. The largest absolute Gasteiger partial charge is 0.465 e. The fourth-order valence-corrected chi connectivity index (χ4v) is 2.80. The number of rotatable bonds is 5. The predicted molar refractivity (Wildman–Crippen MR) is 90.4 cm³/mol. The van der Waals surface area contributed by atoms with Crippen LogP contribution in [-0.2, 0) is 11.3 Å². The van der Waals surface area contributed by atoms with Gasteiger partial charge in [-0.2, -0.15) is 5.10 Å². The maximum Gasteiger partial charge on any atom is 0.405 e. The van der Waals surface area contributed by atoms with E-state index in [2.05, 4.69) is 20.7 Å². The summed E-state index contributed by atoms with van der Waals surface area (Å²) in [5.74, 6) is -0.555. The molecule has 130 valence electrons. The lowest BCUT2D eigenvalue weighted by Crippen LogP contribution is -2.34. The van der Waals surface area contributed by atoms with Gasteiger partial charge in [0.25, 0.3) is 0 Å². The summed E-state index contributed by atoms with van der Waals surface area (Å²) in [4.78, 5) is 26.9. The van der Waals surface area contributed by atoms with Crippen molar-refractivity contribution in [3.8, 4) is 5.69 Å². The van der Waals surface area contributed by atoms with E-state index in [0.717, 1.165) is 5.69 Å². The molecule has 2 amide bonds. The number of hydrogen-bond donors (Lipinski definition) is 3. The smallest absolute Gasteiger partial charge is 0.405 e. The molecule has 3 N–H and O–H groups in total. The van der Waals surface area contributed by atoms with E-state index in [1.165, 1.54) is 0 Å². The first-order valence-electron chi connectivity index (χ1n) is 7.63. The highest BCUT2D eigenvalue weighted by Gasteiger charge is 2.25. The van der Waals surface area contributed by atoms with E-state index in [1.54, 1.807) is 41.5 Å². The van der Waals surface area contributed by atoms with Crippen LogP contribution in [0.25, 0.3) is 5.69 Å². The van der Waals surface area contributed by atoms with Gasteiger partial charge in [-0.15, -0.1) is 0 Å². The minimum absolute atomic E-state index is 0.184. The normalized spacial score (nSPS) is 18.9. The number of nitrogens with one attached hydrogen (secondary N) is 2. The molecule has 2 heterocycles. The summed E-state index contributed by atoms with van der Waals surface area (Å²) in [7, 11) is 0. The fraction of sp³-hybridized carbons (Fsp3) is 0.250. The van der Waals surface area contributed by atoms with E-state index in [4.69, 9.17) is 16.7 Å². The van der Waals surface area contributed by atoms with Crippen LogP contribution in [0.2, 0.25) is 5.15 Å². The molecule has 0 aromatic carbocycles. The van der Waals surface area contributed by atoms with E-state index in [-0.39, 0.29) is 24.4 Å². The number of hydrogen-bond acceptors (Lipinski definition) is 4. The van der Waals surface area contributed by atoms with Crippen LogP contribution in [0.1, 0.15) is 12.0 Å². The van der Waals surface area contributed by atoms with Crippen LogP contribution in [0.4, 0.5) is 4.79 Å². The number of carboxylic acid groups (broad SMARTS) is 1. The number of pyridine rings is 1. The molecule has 25 heavy (non-hydrogen) atoms. The summed E-state index contributed by atoms with van der Waals surface area (Å²) in [6, 6.07) is 3.29. The number of amides is 2. The summed E-state index contributed by atoms with van der Waals surface area (Å²) in [5.41, 5.74) is 1.45. The lowest BCUT2D eigenvalue weighted by atomic mass is 10.1. The Balaban J connectivity index is 1.57. The van der Waals surface area contributed by atoms with Crippen molar-refractivity contribution in [2.45, 2.75) is 19.0 Å². The van der Waals surface area contributed by atoms with Crippen molar-refractivity contribution >= 4 is 23.6 Å². The third-order valence-corrected chi connectivity index (χ3v) is 4.15. The van der Waals surface area contributed by atoms with Crippen LogP contribution in [0.3, 0.4) is 0 Å². The van der Waals surface area contributed by atoms with Gasteiger partial charge in [0.05, 0.1) is 23.8 Å². The molecule has 0 spiro atoms. The molecule has 0 unspecified atom stereocenters. The fourth-order valence-electron chi connectivity index (χ4n) is 2.60. The number of aromatic nitrogens is 3. The Bertz CT molecular complexity index is 805. The SMILES string of the molecule is O=C(O)N[C@H]1C=C[C@@H](C(=O)NCc2cn(-c3cccnc3)nc2Cl)C1. The minimum atomic E-state index is -1.11. The van der Waals surface area contributed by atoms with Crippen LogP contribution in [0.5, 0.6) is 0 Å². The number of carbonyl (C=O) groups is 2. The topological polar surface area (TPSA) is 109 Å². The van der Waals surface area contributed by atoms with Crippen molar-refractivity contribution < 1.29 is 14.7 Å². The van der Waals surface area contributed by atoms with Gasteiger partial charge in [0.1, 0.15) is 0 Å². The van der Waals surface area contributed by atoms with Gasteiger partial charge in [-0.1, -0.05) is 23.8 Å². The second kappa shape index (κ2) is 7.35. The molecule has 0 radical (unpaired) electrons. The van der Waals surface area contributed by atoms with E-state index in [9.17, 15) is 9.59 Å². The van der Waals surface area contributed by atoms with Gasteiger partial charge < -0.3 is 15.7 Å². The minimum Gasteiger partial charge on any atom is -0.465 e. The molecule has 9 heteroatoms. The van der Waals surface area contributed by atoms with Crippen molar-refractivity contribution in [1.29, 1.82) is 0 Å². The van der Waals surface area contributed by atoms with E-state index < -0.39 is 6.09 Å². The monoisotopic (exact) mass is 361 g/mol. The van der Waals surface area contributed by atoms with Crippen LogP contribution >= 0.6 is 11.6 Å². The first-order valence-corrected chi connectivity index (χ1v) is 8.00. The van der Waals surface area contributed by atoms with Gasteiger partial charge in [-0.3, -0.25) is 9.78 Å². The molecule has 2 aromatic rings. The van der Waals surface area contributed by atoms with Crippen LogP contribution < -0.4 is 10.6 Å². The predicted octanol–water partition coefficient (Wildman–Crippen LogP) is 1.75. The zero-order valence-corrected chi connectivity index (χ0v) is 13.8. The Morgan fingerprint density at radius 3 is 2.96 bits per heavy atom. The quantitative estimate of drug-likeness (QED) is 0.703. The van der Waals surface area contributed by atoms with Crippen LogP contribution in [-0.4, -0.2) is 37.9 Å². The lowest BCUT2D eigenvalue weighted by Gasteiger charge is -2.12. The first kappa shape index (κ1) is 17.0. The zero-order valence-electron chi connectivity index (χ0n) is 13.1. The third kappa shape index (κ3) is 4.16. The van der Waals surface area contributed by atoms with Crippen molar-refractivity contribution in [3.63, 3.8) is 0 Å².